The Morgan fingerprint density at radius 1 is 1.73 bits per heavy atom. The lowest BCUT2D eigenvalue weighted by Gasteiger charge is -2.14. The van der Waals surface area contributed by atoms with E-state index in [9.17, 15) is 0 Å². The lowest BCUT2D eigenvalue weighted by molar-refractivity contribution is 0.310. The third kappa shape index (κ3) is 3.99. The third-order valence-electron chi connectivity index (χ3n) is 2.10. The van der Waals surface area contributed by atoms with Crippen LogP contribution in [0.1, 0.15) is 5.56 Å². The predicted molar refractivity (Wildman–Crippen MR) is 57.8 cm³/mol. The van der Waals surface area contributed by atoms with E-state index in [1.807, 2.05) is 31.4 Å². The van der Waals surface area contributed by atoms with Gasteiger partial charge in [0.15, 0.2) is 5.84 Å². The highest BCUT2D eigenvalue weighted by Gasteiger charge is 2.03. The minimum Gasteiger partial charge on any atom is -0.409 e. The maximum atomic E-state index is 8.40. The van der Waals surface area contributed by atoms with Crippen LogP contribution in [0.3, 0.4) is 0 Å². The van der Waals surface area contributed by atoms with E-state index >= 15 is 0 Å². The van der Waals surface area contributed by atoms with E-state index in [0.29, 0.717) is 6.54 Å². The minimum atomic E-state index is 0.226. The maximum absolute atomic E-state index is 8.40. The van der Waals surface area contributed by atoms with Crippen molar-refractivity contribution in [1.29, 1.82) is 0 Å². The van der Waals surface area contributed by atoms with Crippen LogP contribution in [-0.2, 0) is 13.5 Å². The number of hydrogen-bond donors (Lipinski definition) is 2. The maximum Gasteiger partial charge on any atom is 0.153 e. The number of hydrogen-bond acceptors (Lipinski definition) is 4. The van der Waals surface area contributed by atoms with Crippen molar-refractivity contribution in [3.8, 4) is 0 Å². The van der Waals surface area contributed by atoms with Crippen LogP contribution in [0.15, 0.2) is 17.5 Å². The van der Waals surface area contributed by atoms with Gasteiger partial charge < -0.3 is 10.9 Å². The highest BCUT2D eigenvalue weighted by atomic mass is 16.4. The van der Waals surface area contributed by atoms with Gasteiger partial charge in [-0.05, 0) is 19.0 Å². The normalized spacial score (nSPS) is 12.3. The smallest absolute Gasteiger partial charge is 0.153 e. The van der Waals surface area contributed by atoms with Crippen LogP contribution in [0, 0.1) is 0 Å². The van der Waals surface area contributed by atoms with Gasteiger partial charge in [-0.2, -0.15) is 5.10 Å². The van der Waals surface area contributed by atoms with Crippen LogP contribution in [0.25, 0.3) is 0 Å². The van der Waals surface area contributed by atoms with Crippen molar-refractivity contribution in [1.82, 2.24) is 14.7 Å². The van der Waals surface area contributed by atoms with Gasteiger partial charge in [0.25, 0.3) is 0 Å². The van der Waals surface area contributed by atoms with Crippen LogP contribution in [0.2, 0.25) is 0 Å². The zero-order valence-corrected chi connectivity index (χ0v) is 9.09. The fourth-order valence-corrected chi connectivity index (χ4v) is 1.31. The number of nitrogens with zero attached hydrogens (tertiary/aromatic N) is 4. The van der Waals surface area contributed by atoms with Crippen molar-refractivity contribution in [2.75, 3.05) is 20.1 Å². The lowest BCUT2D eigenvalue weighted by atomic mass is 10.2. The number of aromatic nitrogens is 2. The molecule has 1 aromatic rings. The second kappa shape index (κ2) is 5.35. The molecule has 0 atom stereocenters. The van der Waals surface area contributed by atoms with Gasteiger partial charge in [0, 0.05) is 19.8 Å². The number of likely N-dealkylation sites (N-methyl/N-ethyl adjacent to an activating group) is 1. The molecule has 0 spiro atoms. The number of nitrogens with two attached hydrogens (primary N) is 1. The molecular weight excluding hydrogens is 194 g/mol. The van der Waals surface area contributed by atoms with Crippen molar-refractivity contribution in [3.63, 3.8) is 0 Å². The Balaban J connectivity index is 2.31. The summed E-state index contributed by atoms with van der Waals surface area (Å²) in [5, 5.41) is 15.4. The molecule has 6 nitrogen and oxygen atoms in total. The van der Waals surface area contributed by atoms with Gasteiger partial charge in [0.05, 0.1) is 12.7 Å². The summed E-state index contributed by atoms with van der Waals surface area (Å²) in [6.45, 7) is 1.32. The zero-order chi connectivity index (χ0) is 11.3. The van der Waals surface area contributed by atoms with Crippen molar-refractivity contribution in [3.05, 3.63) is 18.0 Å². The summed E-state index contributed by atoms with van der Waals surface area (Å²) < 4.78 is 1.78. The number of aryl methyl sites for hydroxylation is 1. The number of oxime groups is 1. The number of rotatable bonds is 5. The van der Waals surface area contributed by atoms with Gasteiger partial charge in [-0.3, -0.25) is 9.58 Å². The van der Waals surface area contributed by atoms with Gasteiger partial charge >= 0.3 is 0 Å². The van der Waals surface area contributed by atoms with Crippen molar-refractivity contribution >= 4 is 5.84 Å². The molecule has 0 aromatic carbocycles. The average molecular weight is 211 g/mol. The largest absolute Gasteiger partial charge is 0.409 e. The molecule has 0 aliphatic heterocycles. The van der Waals surface area contributed by atoms with Crippen molar-refractivity contribution in [2.45, 2.75) is 6.42 Å². The molecule has 0 aliphatic rings. The molecular formula is C9H17N5O. The molecule has 0 aliphatic carbocycles. The molecule has 0 unspecified atom stereocenters. The minimum absolute atomic E-state index is 0.226. The molecule has 15 heavy (non-hydrogen) atoms. The fourth-order valence-electron chi connectivity index (χ4n) is 1.31. The average Bonchev–Trinajstić information content (AvgIpc) is 2.61. The van der Waals surface area contributed by atoms with Gasteiger partial charge in [-0.25, -0.2) is 0 Å². The summed E-state index contributed by atoms with van der Waals surface area (Å²) in [6.07, 6.45) is 4.73. The Hall–Kier alpha value is -1.56. The molecule has 0 saturated carbocycles. The van der Waals surface area contributed by atoms with E-state index in [4.69, 9.17) is 10.9 Å². The summed E-state index contributed by atoms with van der Waals surface area (Å²) in [5.41, 5.74) is 6.57. The van der Waals surface area contributed by atoms with E-state index < -0.39 is 0 Å². The Kier molecular flexibility index (Phi) is 4.11. The second-order valence-electron chi connectivity index (χ2n) is 3.60. The van der Waals surface area contributed by atoms with Gasteiger partial charge in [-0.1, -0.05) is 5.16 Å². The second-order valence-corrected chi connectivity index (χ2v) is 3.60. The van der Waals surface area contributed by atoms with Gasteiger partial charge in [-0.15, -0.1) is 0 Å². The Bertz CT molecular complexity index is 333. The highest BCUT2D eigenvalue weighted by molar-refractivity contribution is 5.81. The van der Waals surface area contributed by atoms with E-state index in [2.05, 4.69) is 10.3 Å². The summed E-state index contributed by atoms with van der Waals surface area (Å²) in [4.78, 5) is 1.99. The van der Waals surface area contributed by atoms with E-state index in [1.54, 1.807) is 4.68 Å². The zero-order valence-electron chi connectivity index (χ0n) is 9.09. The Morgan fingerprint density at radius 2 is 2.47 bits per heavy atom. The number of amidine groups is 1. The fraction of sp³-hybridized carbons (Fsp3) is 0.556. The first-order valence-corrected chi connectivity index (χ1v) is 4.74. The van der Waals surface area contributed by atoms with Crippen LogP contribution < -0.4 is 5.73 Å². The van der Waals surface area contributed by atoms with Gasteiger partial charge in [0.2, 0.25) is 0 Å². The molecule has 1 aromatic heterocycles. The quantitative estimate of drug-likeness (QED) is 0.302. The molecule has 84 valence electrons. The first kappa shape index (κ1) is 11.5. The van der Waals surface area contributed by atoms with Gasteiger partial charge in [0.1, 0.15) is 0 Å². The molecule has 0 bridgehead atoms. The van der Waals surface area contributed by atoms with E-state index in [1.165, 1.54) is 5.56 Å². The Morgan fingerprint density at radius 3 is 3.00 bits per heavy atom. The van der Waals surface area contributed by atoms with Crippen LogP contribution >= 0.6 is 0 Å². The molecule has 0 fully saturated rings. The molecule has 0 saturated heterocycles. The third-order valence-corrected chi connectivity index (χ3v) is 2.10. The summed E-state index contributed by atoms with van der Waals surface area (Å²) in [5.74, 6) is 0.226. The van der Waals surface area contributed by atoms with Crippen LogP contribution in [-0.4, -0.2) is 45.9 Å². The van der Waals surface area contributed by atoms with E-state index in [-0.39, 0.29) is 5.84 Å². The molecule has 6 heteroatoms. The lowest BCUT2D eigenvalue weighted by Crippen LogP contribution is -2.32. The SMILES string of the molecule is CN(CCc1cnn(C)c1)CC(N)=NO. The summed E-state index contributed by atoms with van der Waals surface area (Å²) in [7, 11) is 3.82. The summed E-state index contributed by atoms with van der Waals surface area (Å²) >= 11 is 0. The monoisotopic (exact) mass is 211 g/mol. The predicted octanol–water partition coefficient (Wildman–Crippen LogP) is -0.359. The van der Waals surface area contributed by atoms with E-state index in [0.717, 1.165) is 13.0 Å². The first-order valence-electron chi connectivity index (χ1n) is 4.74. The molecule has 3 N–H and O–H groups in total. The molecule has 1 rings (SSSR count). The standard InChI is InChI=1S/C9H17N5O/c1-13(7-9(10)12-15)4-3-8-5-11-14(2)6-8/h5-6,15H,3-4,7H2,1-2H3,(H2,10,12). The highest BCUT2D eigenvalue weighted by Crippen LogP contribution is 1.98. The molecule has 0 radical (unpaired) electrons. The van der Waals surface area contributed by atoms with Crippen LogP contribution in [0.4, 0.5) is 0 Å². The first-order chi connectivity index (χ1) is 7.11. The van der Waals surface area contributed by atoms with Crippen molar-refractivity contribution < 1.29 is 5.21 Å². The van der Waals surface area contributed by atoms with Crippen LogP contribution in [0.5, 0.6) is 0 Å². The topological polar surface area (TPSA) is 79.7 Å². The van der Waals surface area contributed by atoms with Crippen molar-refractivity contribution in [2.24, 2.45) is 17.9 Å². The summed E-state index contributed by atoms with van der Waals surface area (Å²) in [6, 6.07) is 0. The molecule has 1 heterocycles. The Labute approximate surface area is 89.0 Å². The molecule has 0 amide bonds.